The summed E-state index contributed by atoms with van der Waals surface area (Å²) in [6, 6.07) is 0. The van der Waals surface area contributed by atoms with Gasteiger partial charge >= 0.3 is 8.60 Å². The molecule has 17 heavy (non-hydrogen) atoms. The minimum atomic E-state index is -2.37. The van der Waals surface area contributed by atoms with Crippen LogP contribution in [0, 0.1) is 5.41 Å². The van der Waals surface area contributed by atoms with Gasteiger partial charge in [-0.15, -0.1) is 23.2 Å². The zero-order valence-corrected chi connectivity index (χ0v) is 13.2. The first kappa shape index (κ1) is 17.9. The summed E-state index contributed by atoms with van der Waals surface area (Å²) in [6.45, 7) is 6.11. The second-order valence-corrected chi connectivity index (χ2v) is 6.62. The summed E-state index contributed by atoms with van der Waals surface area (Å²) in [5, 5.41) is 0. The first-order valence-electron chi connectivity index (χ1n) is 5.78. The summed E-state index contributed by atoms with van der Waals surface area (Å²) in [7, 11) is -2.37. The van der Waals surface area contributed by atoms with Crippen LogP contribution in [-0.2, 0) is 4.52 Å². The van der Waals surface area contributed by atoms with Crippen LogP contribution in [-0.4, -0.2) is 27.1 Å². The summed E-state index contributed by atoms with van der Waals surface area (Å²) in [4.78, 5) is 18.4. The maximum absolute atomic E-state index is 9.18. The van der Waals surface area contributed by atoms with Crippen LogP contribution in [0.1, 0.15) is 46.5 Å². The van der Waals surface area contributed by atoms with E-state index in [1.165, 1.54) is 0 Å². The molecule has 6 heteroatoms. The van der Waals surface area contributed by atoms with Crippen molar-refractivity contribution >= 4 is 31.8 Å². The lowest BCUT2D eigenvalue weighted by atomic mass is 9.71. The summed E-state index contributed by atoms with van der Waals surface area (Å²) < 4.78 is 5.47. The molecule has 0 unspecified atom stereocenters. The Kier molecular flexibility index (Phi) is 8.57. The van der Waals surface area contributed by atoms with E-state index in [-0.39, 0.29) is 5.41 Å². The highest BCUT2D eigenvalue weighted by Gasteiger charge is 2.43. The molecule has 0 aromatic carbocycles. The van der Waals surface area contributed by atoms with E-state index < -0.39 is 14.2 Å². The van der Waals surface area contributed by atoms with Crippen LogP contribution in [0.15, 0.2) is 0 Å². The van der Waals surface area contributed by atoms with Crippen molar-refractivity contribution in [1.29, 1.82) is 0 Å². The number of hydrogen-bond acceptors (Lipinski definition) is 3. The Morgan fingerprint density at radius 1 is 1.00 bits per heavy atom. The SMILES string of the molecule is CC(C)(C)C(CCCCl)(CCCCl)OP(O)O. The third-order valence-corrected chi connectivity index (χ3v) is 4.10. The van der Waals surface area contributed by atoms with Gasteiger partial charge in [0.2, 0.25) is 0 Å². The lowest BCUT2D eigenvalue weighted by Gasteiger charge is -2.44. The predicted octanol–water partition coefficient (Wildman–Crippen LogP) is 4.04. The van der Waals surface area contributed by atoms with E-state index in [0.717, 1.165) is 12.8 Å². The van der Waals surface area contributed by atoms with Crippen LogP contribution in [0.25, 0.3) is 0 Å². The van der Waals surface area contributed by atoms with Crippen LogP contribution in [0.3, 0.4) is 0 Å². The van der Waals surface area contributed by atoms with E-state index in [0.29, 0.717) is 24.6 Å². The number of alkyl halides is 2. The van der Waals surface area contributed by atoms with Gasteiger partial charge in [0.15, 0.2) is 0 Å². The Balaban J connectivity index is 4.91. The van der Waals surface area contributed by atoms with Crippen molar-refractivity contribution in [2.24, 2.45) is 5.41 Å². The molecule has 0 spiro atoms. The Labute approximate surface area is 115 Å². The van der Waals surface area contributed by atoms with Gasteiger partial charge in [-0.1, -0.05) is 20.8 Å². The van der Waals surface area contributed by atoms with Crippen molar-refractivity contribution in [3.05, 3.63) is 0 Å². The zero-order chi connectivity index (χ0) is 13.5. The maximum atomic E-state index is 9.18. The lowest BCUT2D eigenvalue weighted by molar-refractivity contribution is -0.0551. The van der Waals surface area contributed by atoms with Gasteiger partial charge in [-0.25, -0.2) is 0 Å². The van der Waals surface area contributed by atoms with Gasteiger partial charge in [-0.2, -0.15) is 0 Å². The van der Waals surface area contributed by atoms with Crippen LogP contribution < -0.4 is 0 Å². The summed E-state index contributed by atoms with van der Waals surface area (Å²) >= 11 is 11.5. The first-order valence-corrected chi connectivity index (χ1v) is 8.01. The van der Waals surface area contributed by atoms with Crippen molar-refractivity contribution in [2.75, 3.05) is 11.8 Å². The Morgan fingerprint density at radius 3 is 1.65 bits per heavy atom. The molecule has 0 rings (SSSR count). The van der Waals surface area contributed by atoms with Gasteiger partial charge < -0.3 is 14.3 Å². The van der Waals surface area contributed by atoms with Gasteiger partial charge in [-0.3, -0.25) is 0 Å². The smallest absolute Gasteiger partial charge is 0.327 e. The molecular formula is C11H23Cl2O3P. The Hall–Kier alpha value is 0.890. The van der Waals surface area contributed by atoms with Crippen LogP contribution in [0.2, 0.25) is 0 Å². The molecule has 0 aliphatic carbocycles. The fourth-order valence-electron chi connectivity index (χ4n) is 1.96. The molecule has 0 aliphatic heterocycles. The molecule has 0 saturated heterocycles. The van der Waals surface area contributed by atoms with Gasteiger partial charge in [0.25, 0.3) is 0 Å². The van der Waals surface area contributed by atoms with E-state index in [2.05, 4.69) is 0 Å². The van der Waals surface area contributed by atoms with Gasteiger partial charge in [0.1, 0.15) is 0 Å². The van der Waals surface area contributed by atoms with Crippen molar-refractivity contribution in [1.82, 2.24) is 0 Å². The summed E-state index contributed by atoms with van der Waals surface area (Å²) in [5.74, 6) is 1.08. The average Bonchev–Trinajstić information content (AvgIpc) is 2.19. The molecule has 104 valence electrons. The number of hydrogen-bond donors (Lipinski definition) is 2. The normalized spacial score (nSPS) is 13.4. The molecule has 0 aromatic heterocycles. The van der Waals surface area contributed by atoms with Crippen molar-refractivity contribution < 1.29 is 14.3 Å². The van der Waals surface area contributed by atoms with Gasteiger partial charge in [-0.05, 0) is 31.1 Å². The molecule has 0 fully saturated rings. The largest absolute Gasteiger partial charge is 0.328 e. The molecule has 3 nitrogen and oxygen atoms in total. The molecule has 0 amide bonds. The summed E-state index contributed by atoms with van der Waals surface area (Å²) in [5.41, 5.74) is -0.775. The highest BCUT2D eigenvalue weighted by molar-refractivity contribution is 7.39. The van der Waals surface area contributed by atoms with E-state index in [1.54, 1.807) is 0 Å². The van der Waals surface area contributed by atoms with Crippen molar-refractivity contribution in [3.63, 3.8) is 0 Å². The molecule has 0 aromatic rings. The molecule has 0 aliphatic rings. The minimum Gasteiger partial charge on any atom is -0.328 e. The number of halogens is 2. The minimum absolute atomic E-state index is 0.197. The molecule has 0 saturated carbocycles. The fourth-order valence-corrected chi connectivity index (χ4v) is 3.00. The topological polar surface area (TPSA) is 49.7 Å². The van der Waals surface area contributed by atoms with Gasteiger partial charge in [0, 0.05) is 11.8 Å². The second kappa shape index (κ2) is 8.14. The van der Waals surface area contributed by atoms with E-state index >= 15 is 0 Å². The fraction of sp³-hybridized carbons (Fsp3) is 1.00. The Bertz CT molecular complexity index is 199. The van der Waals surface area contributed by atoms with Crippen LogP contribution >= 0.6 is 31.8 Å². The monoisotopic (exact) mass is 304 g/mol. The van der Waals surface area contributed by atoms with Crippen molar-refractivity contribution in [2.45, 2.75) is 52.1 Å². The van der Waals surface area contributed by atoms with Crippen molar-refractivity contribution in [3.8, 4) is 0 Å². The standard InChI is InChI=1S/C11H23Cl2O3P/c1-10(2,3)11(6-4-8-12,7-5-9-13)16-17(14)15/h14-15H,4-9H2,1-3H3. The lowest BCUT2D eigenvalue weighted by Crippen LogP contribution is -2.44. The zero-order valence-electron chi connectivity index (χ0n) is 10.7. The van der Waals surface area contributed by atoms with Crippen LogP contribution in [0.4, 0.5) is 0 Å². The second-order valence-electron chi connectivity index (χ2n) is 5.17. The Morgan fingerprint density at radius 2 is 1.41 bits per heavy atom. The van der Waals surface area contributed by atoms with E-state index in [4.69, 9.17) is 27.7 Å². The first-order chi connectivity index (χ1) is 7.79. The van der Waals surface area contributed by atoms with Gasteiger partial charge in [0.05, 0.1) is 5.60 Å². The molecule has 0 heterocycles. The highest BCUT2D eigenvalue weighted by Crippen LogP contribution is 2.48. The average molecular weight is 305 g/mol. The highest BCUT2D eigenvalue weighted by atomic mass is 35.5. The van der Waals surface area contributed by atoms with Crippen LogP contribution in [0.5, 0.6) is 0 Å². The maximum Gasteiger partial charge on any atom is 0.327 e. The molecule has 0 radical (unpaired) electrons. The van der Waals surface area contributed by atoms with E-state index in [1.807, 2.05) is 20.8 Å². The molecular weight excluding hydrogens is 282 g/mol. The third-order valence-electron chi connectivity index (χ3n) is 3.05. The summed E-state index contributed by atoms with van der Waals surface area (Å²) in [6.07, 6.45) is 2.97. The van der Waals surface area contributed by atoms with E-state index in [9.17, 15) is 9.79 Å². The predicted molar refractivity (Wildman–Crippen MR) is 74.5 cm³/mol. The molecule has 2 N–H and O–H groups in total. The number of rotatable bonds is 8. The quantitative estimate of drug-likeness (QED) is 0.525. The molecule has 0 bridgehead atoms. The molecule has 0 atom stereocenters. The third kappa shape index (κ3) is 6.04.